The largest absolute Gasteiger partial charge is 0.462 e. The van der Waals surface area contributed by atoms with E-state index in [4.69, 9.17) is 15.2 Å². The number of aliphatic hydroxyl groups excluding tert-OH is 1. The molecule has 3 aliphatic heterocycles. The van der Waals surface area contributed by atoms with Gasteiger partial charge in [-0.05, 0) is 17.5 Å². The number of benzene rings is 1. The SMILES string of the molecule is CC[C@H](C)[C@@H]1NC(=O)CNC(=O)C2Cc3c([nH]c4ccccc34)SCC(NC(=O)CNC1=O)C(=O)NC(CC(N)=O)C(=O)N1C[C@@H](C[C@H]1O)C(=O)N[C@@H]([C@@H](C)[C@H](COC(C)=O)OC(C)=O)C(=O)N2. The van der Waals surface area contributed by atoms with Crippen LogP contribution in [0.15, 0.2) is 29.3 Å². The summed E-state index contributed by atoms with van der Waals surface area (Å²) in [6.07, 6.45) is -4.09. The molecule has 1 saturated heterocycles. The van der Waals surface area contributed by atoms with Gasteiger partial charge in [0.2, 0.25) is 53.2 Å². The Kier molecular flexibility index (Phi) is 17.9. The average Bonchev–Trinajstić information content (AvgIpc) is 3.85. The summed E-state index contributed by atoms with van der Waals surface area (Å²) < 4.78 is 10.6. The van der Waals surface area contributed by atoms with Crippen molar-refractivity contribution in [2.45, 2.75) is 108 Å². The number of aromatic nitrogens is 1. The number of aliphatic hydroxyl groups is 1. The number of nitrogens with two attached hydrogens (primary N) is 1. The highest BCUT2D eigenvalue weighted by molar-refractivity contribution is 7.99. The molecule has 1 fully saturated rings. The Morgan fingerprint density at radius 3 is 2.16 bits per heavy atom. The molecule has 0 radical (unpaired) electrons. The number of fused-ring (bicyclic) bond motifs is 6. The Labute approximate surface area is 394 Å². The number of hydrogen-bond donors (Lipinski definition) is 10. The number of ether oxygens (including phenoxy) is 2. The van der Waals surface area contributed by atoms with Gasteiger partial charge in [0, 0.05) is 55.8 Å². The third-order valence-corrected chi connectivity index (χ3v) is 13.1. The van der Waals surface area contributed by atoms with Crippen LogP contribution in [0.3, 0.4) is 0 Å². The van der Waals surface area contributed by atoms with Crippen molar-refractivity contribution in [2.24, 2.45) is 23.5 Å². The van der Waals surface area contributed by atoms with Gasteiger partial charge in [-0.2, -0.15) is 0 Å². The van der Waals surface area contributed by atoms with E-state index < -0.39 is 164 Å². The lowest BCUT2D eigenvalue weighted by Crippen LogP contribution is -2.59. The van der Waals surface area contributed by atoms with Gasteiger partial charge in [-0.15, -0.1) is 11.8 Å². The first-order chi connectivity index (χ1) is 32.2. The Bertz CT molecular complexity index is 2310. The number of aromatic amines is 1. The fourth-order valence-electron chi connectivity index (χ4n) is 8.01. The molecule has 4 bridgehead atoms. The molecule has 1 aromatic heterocycles. The predicted octanol–water partition coefficient (Wildman–Crippen LogP) is -3.29. The predicted molar refractivity (Wildman–Crippen MR) is 239 cm³/mol. The highest BCUT2D eigenvalue weighted by Crippen LogP contribution is 2.32. The first kappa shape index (κ1) is 52.2. The number of hydrogen-bond acceptors (Lipinski definition) is 15. The van der Waals surface area contributed by atoms with E-state index in [9.17, 15) is 57.8 Å². The molecule has 0 saturated carbocycles. The molecule has 2 aromatic rings. The number of carbonyl (C=O) groups excluding carboxylic acids is 11. The van der Waals surface area contributed by atoms with Gasteiger partial charge < -0.3 is 67.4 Å². The summed E-state index contributed by atoms with van der Waals surface area (Å²) in [5.74, 6) is -13.0. The molecule has 4 heterocycles. The molecule has 370 valence electrons. The molecule has 24 nitrogen and oxygen atoms in total. The van der Waals surface area contributed by atoms with Crippen LogP contribution in [0.4, 0.5) is 0 Å². The maximum Gasteiger partial charge on any atom is 0.303 e. The molecule has 3 unspecified atom stereocenters. The van der Waals surface area contributed by atoms with E-state index >= 15 is 0 Å². The van der Waals surface area contributed by atoms with Gasteiger partial charge in [-0.1, -0.05) is 45.4 Å². The zero-order chi connectivity index (χ0) is 50.0. The quantitative estimate of drug-likeness (QED) is 0.110. The van der Waals surface area contributed by atoms with Gasteiger partial charge in [0.25, 0.3) is 0 Å². The van der Waals surface area contributed by atoms with E-state index in [-0.39, 0.29) is 12.2 Å². The number of nitrogens with one attached hydrogen (secondary N) is 8. The second-order valence-electron chi connectivity index (χ2n) is 17.0. The van der Waals surface area contributed by atoms with Gasteiger partial charge in [-0.3, -0.25) is 52.7 Å². The zero-order valence-electron chi connectivity index (χ0n) is 38.1. The summed E-state index contributed by atoms with van der Waals surface area (Å²) in [5.41, 5.74) is 6.49. The van der Waals surface area contributed by atoms with Crippen LogP contribution in [0, 0.1) is 17.8 Å². The van der Waals surface area contributed by atoms with Crippen molar-refractivity contribution in [2.75, 3.05) is 32.0 Å². The third-order valence-electron chi connectivity index (χ3n) is 11.9. The van der Waals surface area contributed by atoms with Gasteiger partial charge >= 0.3 is 11.9 Å². The number of rotatable bonds is 9. The first-order valence-electron chi connectivity index (χ1n) is 22.0. The molecule has 0 spiro atoms. The lowest BCUT2D eigenvalue weighted by molar-refractivity contribution is -0.161. The number of carbonyl (C=O) groups is 11. The summed E-state index contributed by atoms with van der Waals surface area (Å²) in [6, 6.07) is -0.771. The molecule has 68 heavy (non-hydrogen) atoms. The van der Waals surface area contributed by atoms with Gasteiger partial charge in [-0.25, -0.2) is 0 Å². The van der Waals surface area contributed by atoms with E-state index in [0.717, 1.165) is 30.5 Å². The van der Waals surface area contributed by atoms with E-state index in [2.05, 4.69) is 42.2 Å². The minimum absolute atomic E-state index is 0.274. The van der Waals surface area contributed by atoms with E-state index in [1.54, 1.807) is 38.1 Å². The topological polar surface area (TPSA) is 356 Å². The van der Waals surface area contributed by atoms with Crippen LogP contribution >= 0.6 is 11.8 Å². The highest BCUT2D eigenvalue weighted by Gasteiger charge is 2.44. The smallest absolute Gasteiger partial charge is 0.303 e. The first-order valence-corrected chi connectivity index (χ1v) is 23.0. The van der Waals surface area contributed by atoms with E-state index in [1.165, 1.54) is 6.92 Å². The average molecular weight is 971 g/mol. The molecule has 10 atom stereocenters. The van der Waals surface area contributed by atoms with Crippen LogP contribution in [-0.4, -0.2) is 155 Å². The van der Waals surface area contributed by atoms with Crippen molar-refractivity contribution in [3.8, 4) is 0 Å². The molecule has 25 heteroatoms. The molecule has 11 N–H and O–H groups in total. The lowest BCUT2D eigenvalue weighted by Gasteiger charge is -2.32. The van der Waals surface area contributed by atoms with Crippen molar-refractivity contribution in [1.29, 1.82) is 0 Å². The number of amides is 9. The van der Waals surface area contributed by atoms with Crippen LogP contribution in [0.25, 0.3) is 10.9 Å². The molecule has 9 amide bonds. The minimum atomic E-state index is -1.72. The van der Waals surface area contributed by atoms with Gasteiger partial charge in [0.05, 0.1) is 30.5 Å². The van der Waals surface area contributed by atoms with Crippen molar-refractivity contribution >= 4 is 87.8 Å². The van der Waals surface area contributed by atoms with Crippen LogP contribution < -0.4 is 43.0 Å². The number of H-pyrrole nitrogens is 1. The second-order valence-corrected chi connectivity index (χ2v) is 18.0. The Morgan fingerprint density at radius 2 is 1.50 bits per heavy atom. The van der Waals surface area contributed by atoms with Gasteiger partial charge in [0.15, 0.2) is 0 Å². The maximum atomic E-state index is 14.8. The van der Waals surface area contributed by atoms with Crippen molar-refractivity contribution in [1.82, 2.24) is 47.1 Å². The summed E-state index contributed by atoms with van der Waals surface area (Å²) in [7, 11) is 0. The summed E-state index contributed by atoms with van der Waals surface area (Å²) in [4.78, 5) is 153. The summed E-state index contributed by atoms with van der Waals surface area (Å²) >= 11 is 0.999. The van der Waals surface area contributed by atoms with Gasteiger partial charge in [0.1, 0.15) is 49.1 Å². The Balaban J connectivity index is 1.70. The minimum Gasteiger partial charge on any atom is -0.462 e. The van der Waals surface area contributed by atoms with Crippen LogP contribution in [0.2, 0.25) is 0 Å². The van der Waals surface area contributed by atoms with E-state index in [1.807, 2.05) is 0 Å². The Hall–Kier alpha value is -6.76. The fraction of sp³-hybridized carbons (Fsp3) is 0.558. The third kappa shape index (κ3) is 13.4. The second kappa shape index (κ2) is 23.3. The van der Waals surface area contributed by atoms with E-state index in [0.29, 0.717) is 27.9 Å². The molecule has 3 aliphatic rings. The fourth-order valence-corrected chi connectivity index (χ4v) is 9.13. The monoisotopic (exact) mass is 970 g/mol. The normalized spacial score (nSPS) is 26.2. The molecular formula is C43H58N10O14S. The summed E-state index contributed by atoms with van der Waals surface area (Å²) in [6.45, 7) is 4.63. The number of primary amides is 1. The number of esters is 2. The number of nitrogens with zero attached hydrogens (tertiary/aromatic N) is 1. The number of thioether (sulfide) groups is 1. The zero-order valence-corrected chi connectivity index (χ0v) is 39.0. The standard InChI is InChI=1S/C43H58N10O14S/c1-6-19(2)35-40(63)46-14-32(57)47-29-18-68-42-25(24-9-7-8-10-26(24)50-42)12-27(38(61)45-15-33(58)51-35)48-41(64)36(20(3)30(67-22(5)55)17-66-21(4)54)52-37(60)23-11-34(59)53(16-23)43(65)28(13-31(44)56)49-39(29)62/h7-10,19-20,23,27-30,34-36,50,59H,6,11-18H2,1-5H3,(H2,44,56)(H,45,61)(H,46,63)(H,47,57)(H,48,64)(H,49,62)(H,51,58)(H,52,60)/t19-,20-,23+,27?,28?,29?,30-,34+,35-,36-/m0/s1. The lowest BCUT2D eigenvalue weighted by atomic mass is 9.93. The van der Waals surface area contributed by atoms with Crippen molar-refractivity contribution < 1.29 is 67.3 Å². The van der Waals surface area contributed by atoms with Crippen molar-refractivity contribution in [3.63, 3.8) is 0 Å². The molecule has 0 aliphatic carbocycles. The maximum absolute atomic E-state index is 14.8. The summed E-state index contributed by atoms with van der Waals surface area (Å²) in [5, 5.41) is 29.9. The molecule has 1 aromatic carbocycles. The van der Waals surface area contributed by atoms with Crippen LogP contribution in [0.5, 0.6) is 0 Å². The molecular weight excluding hydrogens is 913 g/mol. The number of para-hydroxylation sites is 1. The Morgan fingerprint density at radius 1 is 0.824 bits per heavy atom. The molecule has 5 rings (SSSR count). The van der Waals surface area contributed by atoms with Crippen LogP contribution in [-0.2, 0) is 68.6 Å². The van der Waals surface area contributed by atoms with Crippen molar-refractivity contribution in [3.05, 3.63) is 29.8 Å². The highest BCUT2D eigenvalue weighted by atomic mass is 32.2. The van der Waals surface area contributed by atoms with Crippen LogP contribution in [0.1, 0.15) is 59.4 Å².